The Bertz CT molecular complexity index is 500. The summed E-state index contributed by atoms with van der Waals surface area (Å²) < 4.78 is 20.4. The third-order valence-corrected chi connectivity index (χ3v) is 3.00. The van der Waals surface area contributed by atoms with Crippen LogP contribution in [0.5, 0.6) is 0 Å². The first-order valence-corrected chi connectivity index (χ1v) is 8.79. The molecule has 0 radical (unpaired) electrons. The van der Waals surface area contributed by atoms with E-state index in [0.717, 1.165) is 5.56 Å². The Hall–Kier alpha value is -1.69. The predicted molar refractivity (Wildman–Crippen MR) is 104 cm³/mol. The lowest BCUT2D eigenvalue weighted by molar-refractivity contribution is -0.174. The van der Waals surface area contributed by atoms with Crippen molar-refractivity contribution >= 4 is 5.97 Å². The average molecular weight is 366 g/mol. The molecule has 1 heterocycles. The lowest BCUT2D eigenvalue weighted by Crippen LogP contribution is -2.31. The van der Waals surface area contributed by atoms with Gasteiger partial charge in [-0.15, -0.1) is 6.58 Å². The van der Waals surface area contributed by atoms with Gasteiger partial charge in [0.15, 0.2) is 5.79 Å². The molecular weight excluding hydrogens is 332 g/mol. The Labute approximate surface area is 158 Å². The SMILES string of the molecule is C=C(C)C.CC(C)C(=O)OCc1ccccc1.COCC1(C)OCCO1. The molecule has 1 fully saturated rings. The number of esters is 1. The van der Waals surface area contributed by atoms with E-state index in [2.05, 4.69) is 6.58 Å². The minimum absolute atomic E-state index is 0.0521. The Morgan fingerprint density at radius 1 is 1.19 bits per heavy atom. The van der Waals surface area contributed by atoms with Crippen LogP contribution in [0.2, 0.25) is 0 Å². The Kier molecular flexibility index (Phi) is 12.6. The van der Waals surface area contributed by atoms with Gasteiger partial charge in [0.05, 0.1) is 25.7 Å². The smallest absolute Gasteiger partial charge is 0.308 e. The van der Waals surface area contributed by atoms with Crippen molar-refractivity contribution < 1.29 is 23.7 Å². The van der Waals surface area contributed by atoms with Crippen LogP contribution in [0.3, 0.4) is 0 Å². The van der Waals surface area contributed by atoms with Crippen LogP contribution in [0.1, 0.15) is 40.2 Å². The summed E-state index contributed by atoms with van der Waals surface area (Å²) in [4.78, 5) is 11.1. The highest BCUT2D eigenvalue weighted by Gasteiger charge is 2.30. The number of carbonyl (C=O) groups is 1. The average Bonchev–Trinajstić information content (AvgIpc) is 3.00. The number of allylic oxidation sites excluding steroid dienone is 1. The van der Waals surface area contributed by atoms with Gasteiger partial charge in [0.25, 0.3) is 0 Å². The first kappa shape index (κ1) is 24.3. The highest BCUT2D eigenvalue weighted by Crippen LogP contribution is 2.17. The first-order valence-electron chi connectivity index (χ1n) is 8.79. The summed E-state index contributed by atoms with van der Waals surface area (Å²) >= 11 is 0. The molecule has 26 heavy (non-hydrogen) atoms. The number of hydrogen-bond donors (Lipinski definition) is 0. The molecule has 0 atom stereocenters. The summed E-state index contributed by atoms with van der Waals surface area (Å²) in [6.07, 6.45) is 0. The van der Waals surface area contributed by atoms with E-state index in [9.17, 15) is 4.79 Å². The molecule has 5 heteroatoms. The van der Waals surface area contributed by atoms with Gasteiger partial charge in [-0.25, -0.2) is 0 Å². The van der Waals surface area contributed by atoms with E-state index in [-0.39, 0.29) is 11.9 Å². The van der Waals surface area contributed by atoms with Crippen molar-refractivity contribution in [1.29, 1.82) is 0 Å². The molecule has 0 amide bonds. The highest BCUT2D eigenvalue weighted by atomic mass is 16.7. The van der Waals surface area contributed by atoms with Crippen molar-refractivity contribution in [2.45, 2.75) is 47.0 Å². The predicted octanol–water partition coefficient (Wildman–Crippen LogP) is 4.36. The quantitative estimate of drug-likeness (QED) is 0.572. The normalized spacial score (nSPS) is 14.6. The molecule has 0 spiro atoms. The van der Waals surface area contributed by atoms with Crippen molar-refractivity contribution in [3.05, 3.63) is 48.0 Å². The van der Waals surface area contributed by atoms with Gasteiger partial charge in [0.2, 0.25) is 0 Å². The maximum atomic E-state index is 11.1. The lowest BCUT2D eigenvalue weighted by atomic mass is 10.2. The summed E-state index contributed by atoms with van der Waals surface area (Å²) in [5, 5.41) is 0. The topological polar surface area (TPSA) is 54.0 Å². The number of carbonyl (C=O) groups excluding carboxylic acids is 1. The van der Waals surface area contributed by atoms with Crippen LogP contribution < -0.4 is 0 Å². The number of rotatable bonds is 5. The van der Waals surface area contributed by atoms with E-state index in [1.807, 2.05) is 65.0 Å². The third kappa shape index (κ3) is 12.6. The van der Waals surface area contributed by atoms with Crippen LogP contribution in [-0.4, -0.2) is 38.7 Å². The van der Waals surface area contributed by atoms with E-state index in [4.69, 9.17) is 18.9 Å². The van der Waals surface area contributed by atoms with Crippen LogP contribution in [0.15, 0.2) is 42.5 Å². The zero-order valence-electron chi connectivity index (χ0n) is 17.0. The minimum Gasteiger partial charge on any atom is -0.461 e. The molecule has 0 bridgehead atoms. The fourth-order valence-corrected chi connectivity index (χ4v) is 1.80. The van der Waals surface area contributed by atoms with Crippen molar-refractivity contribution in [3.8, 4) is 0 Å². The Morgan fingerprint density at radius 2 is 1.69 bits per heavy atom. The largest absolute Gasteiger partial charge is 0.461 e. The third-order valence-electron chi connectivity index (χ3n) is 3.00. The number of hydrogen-bond acceptors (Lipinski definition) is 5. The monoisotopic (exact) mass is 366 g/mol. The maximum Gasteiger partial charge on any atom is 0.308 e. The van der Waals surface area contributed by atoms with Gasteiger partial charge in [-0.05, 0) is 26.3 Å². The van der Waals surface area contributed by atoms with Gasteiger partial charge >= 0.3 is 5.97 Å². The molecule has 1 aromatic carbocycles. The van der Waals surface area contributed by atoms with Crippen LogP contribution in [0, 0.1) is 5.92 Å². The summed E-state index contributed by atoms with van der Waals surface area (Å²) in [6, 6.07) is 9.67. The molecule has 0 N–H and O–H groups in total. The number of ether oxygens (including phenoxy) is 4. The van der Waals surface area contributed by atoms with Crippen LogP contribution in [0.4, 0.5) is 0 Å². The van der Waals surface area contributed by atoms with Gasteiger partial charge in [0, 0.05) is 7.11 Å². The zero-order valence-corrected chi connectivity index (χ0v) is 17.0. The standard InChI is InChI=1S/C11H14O2.C6H12O3.C4H8/c1-9(2)11(12)13-8-10-6-4-3-5-7-10;1-6(5-7-2)8-3-4-9-6;1-4(2)3/h3-7,9H,8H2,1-2H3;3-5H2,1-2H3;1H2,2-3H3. The Morgan fingerprint density at radius 3 is 2.12 bits per heavy atom. The molecule has 0 aliphatic carbocycles. The molecule has 1 aliphatic rings. The molecule has 1 saturated heterocycles. The zero-order chi connectivity index (χ0) is 20.0. The van der Waals surface area contributed by atoms with Gasteiger partial charge < -0.3 is 18.9 Å². The van der Waals surface area contributed by atoms with Crippen molar-refractivity contribution in [3.63, 3.8) is 0 Å². The van der Waals surface area contributed by atoms with Gasteiger partial charge in [-0.3, -0.25) is 4.79 Å². The summed E-state index contributed by atoms with van der Waals surface area (Å²) in [5.74, 6) is -0.679. The second-order valence-corrected chi connectivity index (χ2v) is 6.72. The molecular formula is C21H34O5. The molecule has 2 rings (SSSR count). The van der Waals surface area contributed by atoms with Crippen molar-refractivity contribution in [2.75, 3.05) is 26.9 Å². The van der Waals surface area contributed by atoms with Crippen LogP contribution in [-0.2, 0) is 30.3 Å². The Balaban J connectivity index is 0.000000416. The summed E-state index contributed by atoms with van der Waals surface area (Å²) in [5.41, 5.74) is 2.19. The van der Waals surface area contributed by atoms with E-state index in [1.54, 1.807) is 7.11 Å². The fourth-order valence-electron chi connectivity index (χ4n) is 1.80. The van der Waals surface area contributed by atoms with Gasteiger partial charge in [0.1, 0.15) is 6.61 Å². The molecule has 5 nitrogen and oxygen atoms in total. The van der Waals surface area contributed by atoms with Crippen LogP contribution in [0.25, 0.3) is 0 Å². The van der Waals surface area contributed by atoms with E-state index in [1.165, 1.54) is 5.57 Å². The second-order valence-electron chi connectivity index (χ2n) is 6.72. The van der Waals surface area contributed by atoms with E-state index >= 15 is 0 Å². The second kappa shape index (κ2) is 13.5. The molecule has 1 aromatic rings. The van der Waals surface area contributed by atoms with E-state index in [0.29, 0.717) is 26.4 Å². The maximum absolute atomic E-state index is 11.1. The minimum atomic E-state index is -0.477. The molecule has 0 unspecified atom stereocenters. The highest BCUT2D eigenvalue weighted by molar-refractivity contribution is 5.71. The van der Waals surface area contributed by atoms with Gasteiger partial charge in [-0.1, -0.05) is 49.8 Å². The molecule has 0 aromatic heterocycles. The van der Waals surface area contributed by atoms with Crippen molar-refractivity contribution in [1.82, 2.24) is 0 Å². The number of methoxy groups -OCH3 is 1. The molecule has 148 valence electrons. The van der Waals surface area contributed by atoms with E-state index < -0.39 is 5.79 Å². The first-order chi connectivity index (χ1) is 12.2. The summed E-state index contributed by atoms with van der Waals surface area (Å²) in [7, 11) is 1.64. The van der Waals surface area contributed by atoms with Gasteiger partial charge in [-0.2, -0.15) is 0 Å². The van der Waals surface area contributed by atoms with Crippen molar-refractivity contribution in [2.24, 2.45) is 5.92 Å². The summed E-state index contributed by atoms with van der Waals surface area (Å²) in [6.45, 7) is 15.3. The van der Waals surface area contributed by atoms with Crippen LogP contribution >= 0.6 is 0 Å². The fraction of sp³-hybridized carbons (Fsp3) is 0.571. The molecule has 0 saturated carbocycles. The molecule has 1 aliphatic heterocycles. The number of benzene rings is 1. The lowest BCUT2D eigenvalue weighted by Gasteiger charge is -2.20.